The molecule has 0 spiro atoms. The van der Waals surface area contributed by atoms with Gasteiger partial charge in [0, 0.05) is 0 Å². The molecule has 0 aromatic heterocycles. The SMILES string of the molecule is COC(=O)CC(C)(O)CC1CC2CC1C1C3C=CC(C3)C21. The van der Waals surface area contributed by atoms with Crippen molar-refractivity contribution < 1.29 is 14.6 Å². The van der Waals surface area contributed by atoms with E-state index in [1.807, 2.05) is 0 Å². The van der Waals surface area contributed by atoms with Crippen molar-refractivity contribution in [2.45, 2.75) is 44.6 Å². The number of hydrogen-bond donors (Lipinski definition) is 1. The van der Waals surface area contributed by atoms with Crippen LogP contribution >= 0.6 is 0 Å². The van der Waals surface area contributed by atoms with Gasteiger partial charge in [-0.3, -0.25) is 4.79 Å². The van der Waals surface area contributed by atoms with Crippen molar-refractivity contribution in [3.63, 3.8) is 0 Å². The zero-order chi connectivity index (χ0) is 14.8. The number of fused-ring (bicyclic) bond motifs is 9. The molecule has 8 unspecified atom stereocenters. The van der Waals surface area contributed by atoms with Crippen molar-refractivity contribution in [1.82, 2.24) is 0 Å². The summed E-state index contributed by atoms with van der Waals surface area (Å²) in [5.74, 6) is 5.43. The average molecular weight is 290 g/mol. The predicted octanol–water partition coefficient (Wildman–Crippen LogP) is 2.78. The molecule has 1 N–H and O–H groups in total. The molecular formula is C18H26O3. The summed E-state index contributed by atoms with van der Waals surface area (Å²) in [6, 6.07) is 0. The van der Waals surface area contributed by atoms with Crippen molar-refractivity contribution in [3.05, 3.63) is 12.2 Å². The van der Waals surface area contributed by atoms with E-state index in [1.165, 1.54) is 26.4 Å². The molecule has 3 saturated carbocycles. The summed E-state index contributed by atoms with van der Waals surface area (Å²) in [5, 5.41) is 10.6. The Labute approximate surface area is 126 Å². The lowest BCUT2D eigenvalue weighted by Gasteiger charge is -2.39. The molecule has 3 fully saturated rings. The first-order valence-corrected chi connectivity index (χ1v) is 8.46. The van der Waals surface area contributed by atoms with Crippen LogP contribution in [0.2, 0.25) is 0 Å². The second kappa shape index (κ2) is 4.58. The number of aliphatic hydroxyl groups is 1. The van der Waals surface area contributed by atoms with E-state index < -0.39 is 5.60 Å². The summed E-state index contributed by atoms with van der Waals surface area (Å²) >= 11 is 0. The van der Waals surface area contributed by atoms with Gasteiger partial charge in [0.25, 0.3) is 0 Å². The Hall–Kier alpha value is -0.830. The molecule has 21 heavy (non-hydrogen) atoms. The average Bonchev–Trinajstić information content (AvgIpc) is 3.15. The Balaban J connectivity index is 1.45. The number of carbonyl (C=O) groups excluding carboxylic acids is 1. The summed E-state index contributed by atoms with van der Waals surface area (Å²) in [7, 11) is 1.39. The lowest BCUT2D eigenvalue weighted by Crippen LogP contribution is -2.37. The van der Waals surface area contributed by atoms with Gasteiger partial charge in [-0.2, -0.15) is 0 Å². The molecule has 4 aliphatic rings. The first kappa shape index (κ1) is 13.8. The Kier molecular flexibility index (Phi) is 3.01. The molecule has 8 atom stereocenters. The fraction of sp³-hybridized carbons (Fsp3) is 0.833. The van der Waals surface area contributed by atoms with Gasteiger partial charge in [0.1, 0.15) is 0 Å². The molecule has 0 aliphatic heterocycles. The highest BCUT2D eigenvalue weighted by Crippen LogP contribution is 2.67. The van der Waals surface area contributed by atoms with Crippen molar-refractivity contribution in [3.8, 4) is 0 Å². The summed E-state index contributed by atoms with van der Waals surface area (Å²) in [5.41, 5.74) is -0.912. The second-order valence-corrected chi connectivity index (χ2v) is 8.21. The molecule has 0 heterocycles. The monoisotopic (exact) mass is 290 g/mol. The first-order valence-electron chi connectivity index (χ1n) is 8.46. The predicted molar refractivity (Wildman–Crippen MR) is 79.3 cm³/mol. The van der Waals surface area contributed by atoms with Gasteiger partial charge in [0.05, 0.1) is 19.1 Å². The van der Waals surface area contributed by atoms with Gasteiger partial charge in [-0.15, -0.1) is 0 Å². The molecule has 0 aromatic rings. The molecule has 3 nitrogen and oxygen atoms in total. The fourth-order valence-electron chi connectivity index (χ4n) is 6.41. The van der Waals surface area contributed by atoms with Gasteiger partial charge < -0.3 is 9.84 Å². The molecule has 3 heteroatoms. The minimum Gasteiger partial charge on any atom is -0.469 e. The highest BCUT2D eigenvalue weighted by molar-refractivity contribution is 5.70. The van der Waals surface area contributed by atoms with Crippen LogP contribution in [0.5, 0.6) is 0 Å². The van der Waals surface area contributed by atoms with E-state index in [0.29, 0.717) is 5.92 Å². The highest BCUT2D eigenvalue weighted by Gasteiger charge is 2.61. The van der Waals surface area contributed by atoms with Crippen molar-refractivity contribution >= 4 is 5.97 Å². The largest absolute Gasteiger partial charge is 0.469 e. The molecule has 0 amide bonds. The van der Waals surface area contributed by atoms with E-state index in [1.54, 1.807) is 6.92 Å². The van der Waals surface area contributed by atoms with Crippen LogP contribution in [0.15, 0.2) is 12.2 Å². The molecule has 0 aromatic carbocycles. The number of allylic oxidation sites excluding steroid dienone is 2. The molecule has 0 radical (unpaired) electrons. The van der Waals surface area contributed by atoms with Gasteiger partial charge in [-0.25, -0.2) is 0 Å². The summed E-state index contributed by atoms with van der Waals surface area (Å²) < 4.78 is 4.71. The lowest BCUT2D eigenvalue weighted by atomic mass is 9.67. The third-order valence-corrected chi connectivity index (χ3v) is 6.86. The number of hydrogen-bond acceptors (Lipinski definition) is 3. The van der Waals surface area contributed by atoms with Crippen LogP contribution in [0.3, 0.4) is 0 Å². The smallest absolute Gasteiger partial charge is 0.308 e. The minimum absolute atomic E-state index is 0.122. The van der Waals surface area contributed by atoms with Gasteiger partial charge in [0.15, 0.2) is 0 Å². The van der Waals surface area contributed by atoms with Crippen molar-refractivity contribution in [2.75, 3.05) is 7.11 Å². The van der Waals surface area contributed by atoms with Crippen molar-refractivity contribution in [2.24, 2.45) is 41.4 Å². The van der Waals surface area contributed by atoms with Crippen LogP contribution in [0.1, 0.15) is 39.0 Å². The van der Waals surface area contributed by atoms with E-state index in [9.17, 15) is 9.90 Å². The van der Waals surface area contributed by atoms with Crippen LogP contribution in [0.25, 0.3) is 0 Å². The molecule has 116 valence electrons. The molecule has 4 bridgehead atoms. The zero-order valence-corrected chi connectivity index (χ0v) is 13.0. The van der Waals surface area contributed by atoms with Crippen LogP contribution < -0.4 is 0 Å². The standard InChI is InChI=1S/C18H26O3/c1-18(20,9-15(19)21-2)8-13-6-12-7-14(13)17-11-4-3-10(5-11)16(12)17/h3-4,10-14,16-17,20H,5-9H2,1-2H3. The zero-order valence-electron chi connectivity index (χ0n) is 13.0. The Morgan fingerprint density at radius 2 is 1.95 bits per heavy atom. The summed E-state index contributed by atoms with van der Waals surface area (Å²) in [6.45, 7) is 1.80. The summed E-state index contributed by atoms with van der Waals surface area (Å²) in [6.07, 6.45) is 9.81. The third-order valence-electron chi connectivity index (χ3n) is 6.86. The van der Waals surface area contributed by atoms with Crippen LogP contribution in [-0.4, -0.2) is 23.8 Å². The maximum atomic E-state index is 11.5. The second-order valence-electron chi connectivity index (χ2n) is 8.21. The van der Waals surface area contributed by atoms with E-state index >= 15 is 0 Å². The topological polar surface area (TPSA) is 46.5 Å². The number of carbonyl (C=O) groups is 1. The molecule has 4 aliphatic carbocycles. The minimum atomic E-state index is -0.912. The Morgan fingerprint density at radius 3 is 2.67 bits per heavy atom. The van der Waals surface area contributed by atoms with Gasteiger partial charge in [-0.05, 0) is 74.0 Å². The first-order chi connectivity index (χ1) is 9.98. The fourth-order valence-corrected chi connectivity index (χ4v) is 6.41. The Morgan fingerprint density at radius 1 is 1.24 bits per heavy atom. The van der Waals surface area contributed by atoms with Gasteiger partial charge >= 0.3 is 5.97 Å². The normalized spacial score (nSPS) is 48.4. The highest BCUT2D eigenvalue weighted by atomic mass is 16.5. The summed E-state index contributed by atoms with van der Waals surface area (Å²) in [4.78, 5) is 11.5. The molecular weight excluding hydrogens is 264 g/mol. The molecule has 0 saturated heterocycles. The van der Waals surface area contributed by atoms with Crippen LogP contribution in [-0.2, 0) is 9.53 Å². The third kappa shape index (κ3) is 2.08. The van der Waals surface area contributed by atoms with E-state index in [2.05, 4.69) is 12.2 Å². The quantitative estimate of drug-likeness (QED) is 0.492. The number of rotatable bonds is 4. The number of methoxy groups -OCH3 is 1. The van der Waals surface area contributed by atoms with Gasteiger partial charge in [0.2, 0.25) is 0 Å². The van der Waals surface area contributed by atoms with Crippen LogP contribution in [0, 0.1) is 41.4 Å². The lowest BCUT2D eigenvalue weighted by molar-refractivity contribution is -0.146. The number of esters is 1. The molecule has 4 rings (SSSR count). The maximum absolute atomic E-state index is 11.5. The number of ether oxygens (including phenoxy) is 1. The van der Waals surface area contributed by atoms with E-state index in [-0.39, 0.29) is 12.4 Å². The van der Waals surface area contributed by atoms with E-state index in [0.717, 1.165) is 41.9 Å². The van der Waals surface area contributed by atoms with Crippen molar-refractivity contribution in [1.29, 1.82) is 0 Å². The van der Waals surface area contributed by atoms with E-state index in [4.69, 9.17) is 4.74 Å². The Bertz CT molecular complexity index is 481. The maximum Gasteiger partial charge on any atom is 0.308 e. The van der Waals surface area contributed by atoms with Crippen LogP contribution in [0.4, 0.5) is 0 Å². The van der Waals surface area contributed by atoms with Gasteiger partial charge in [-0.1, -0.05) is 12.2 Å².